The molecule has 0 fully saturated rings. The van der Waals surface area contributed by atoms with Gasteiger partial charge >= 0.3 is 0 Å². The molecule has 3 nitrogen and oxygen atoms in total. The van der Waals surface area contributed by atoms with Gasteiger partial charge in [0.2, 0.25) is 0 Å². The minimum absolute atomic E-state index is 0.227. The Labute approximate surface area is 104 Å². The summed E-state index contributed by atoms with van der Waals surface area (Å²) >= 11 is 0. The summed E-state index contributed by atoms with van der Waals surface area (Å²) in [7, 11) is 3.76. The van der Waals surface area contributed by atoms with E-state index < -0.39 is 0 Å². The van der Waals surface area contributed by atoms with E-state index in [2.05, 4.69) is 31.0 Å². The molecule has 1 aromatic carbocycles. The Morgan fingerprint density at radius 1 is 1.41 bits per heavy atom. The van der Waals surface area contributed by atoms with Crippen molar-refractivity contribution in [3.05, 3.63) is 29.3 Å². The first-order valence-corrected chi connectivity index (χ1v) is 6.03. The number of rotatable bonds is 6. The number of aryl methyl sites for hydroxylation is 1. The number of benzene rings is 1. The fourth-order valence-corrected chi connectivity index (χ4v) is 1.84. The van der Waals surface area contributed by atoms with Crippen molar-refractivity contribution in [1.82, 2.24) is 4.90 Å². The van der Waals surface area contributed by atoms with Gasteiger partial charge in [-0.2, -0.15) is 0 Å². The minimum atomic E-state index is -0.227. The number of hydrogen-bond acceptors (Lipinski definition) is 3. The van der Waals surface area contributed by atoms with E-state index in [1.807, 2.05) is 13.0 Å². The molecule has 0 heterocycles. The van der Waals surface area contributed by atoms with Crippen LogP contribution in [-0.2, 0) is 6.54 Å². The average Bonchev–Trinajstić information content (AvgIpc) is 2.26. The number of hydrogen-bond donors (Lipinski definition) is 1. The van der Waals surface area contributed by atoms with Crippen molar-refractivity contribution in [2.24, 2.45) is 0 Å². The highest BCUT2D eigenvalue weighted by Crippen LogP contribution is 2.19. The smallest absolute Gasteiger partial charge is 0.121 e. The van der Waals surface area contributed by atoms with Crippen molar-refractivity contribution < 1.29 is 9.84 Å². The van der Waals surface area contributed by atoms with Crippen LogP contribution in [0.3, 0.4) is 0 Å². The maximum atomic E-state index is 9.24. The summed E-state index contributed by atoms with van der Waals surface area (Å²) in [4.78, 5) is 2.22. The van der Waals surface area contributed by atoms with Gasteiger partial charge in [0.25, 0.3) is 0 Å². The van der Waals surface area contributed by atoms with Crippen molar-refractivity contribution in [1.29, 1.82) is 0 Å². The van der Waals surface area contributed by atoms with Crippen LogP contribution in [0.2, 0.25) is 0 Å². The predicted molar refractivity (Wildman–Crippen MR) is 70.4 cm³/mol. The molecule has 0 aliphatic rings. The lowest BCUT2D eigenvalue weighted by Crippen LogP contribution is -2.22. The summed E-state index contributed by atoms with van der Waals surface area (Å²) < 4.78 is 5.24. The van der Waals surface area contributed by atoms with Crippen molar-refractivity contribution in [3.8, 4) is 5.75 Å². The lowest BCUT2D eigenvalue weighted by atomic mass is 10.1. The van der Waals surface area contributed by atoms with Gasteiger partial charge in [0, 0.05) is 13.1 Å². The summed E-state index contributed by atoms with van der Waals surface area (Å²) in [5, 5.41) is 9.24. The zero-order chi connectivity index (χ0) is 12.8. The molecule has 0 saturated heterocycles. The molecule has 0 unspecified atom stereocenters. The molecule has 17 heavy (non-hydrogen) atoms. The molecule has 1 rings (SSSR count). The molecular formula is C14H23NO2. The Morgan fingerprint density at radius 2 is 2.12 bits per heavy atom. The number of aliphatic hydroxyl groups excluding tert-OH is 1. The molecular weight excluding hydrogens is 214 g/mol. The number of nitrogens with zero attached hydrogens (tertiary/aromatic N) is 1. The van der Waals surface area contributed by atoms with Crippen LogP contribution in [0.1, 0.15) is 24.5 Å². The summed E-state index contributed by atoms with van der Waals surface area (Å²) in [6.07, 6.45) is 0.584. The fraction of sp³-hybridized carbons (Fsp3) is 0.571. The van der Waals surface area contributed by atoms with Crippen LogP contribution in [0.4, 0.5) is 0 Å². The molecule has 1 N–H and O–H groups in total. The van der Waals surface area contributed by atoms with Gasteiger partial charge < -0.3 is 14.7 Å². The van der Waals surface area contributed by atoms with Crippen LogP contribution in [0.25, 0.3) is 0 Å². The highest BCUT2D eigenvalue weighted by Gasteiger charge is 2.04. The van der Waals surface area contributed by atoms with E-state index in [1.54, 1.807) is 7.11 Å². The summed E-state index contributed by atoms with van der Waals surface area (Å²) in [6.45, 7) is 5.68. The van der Waals surface area contributed by atoms with Crippen LogP contribution in [-0.4, -0.2) is 36.8 Å². The summed E-state index contributed by atoms with van der Waals surface area (Å²) in [5.41, 5.74) is 2.44. The Kier molecular flexibility index (Phi) is 5.45. The van der Waals surface area contributed by atoms with Gasteiger partial charge in [-0.25, -0.2) is 0 Å². The maximum absolute atomic E-state index is 9.24. The Morgan fingerprint density at radius 3 is 2.65 bits per heavy atom. The predicted octanol–water partition coefficient (Wildman–Crippen LogP) is 2.21. The average molecular weight is 237 g/mol. The van der Waals surface area contributed by atoms with Gasteiger partial charge in [0.05, 0.1) is 13.2 Å². The lowest BCUT2D eigenvalue weighted by Gasteiger charge is -2.18. The van der Waals surface area contributed by atoms with Crippen molar-refractivity contribution in [2.45, 2.75) is 32.9 Å². The van der Waals surface area contributed by atoms with Crippen LogP contribution < -0.4 is 4.74 Å². The molecule has 0 aliphatic carbocycles. The third kappa shape index (κ3) is 4.75. The molecule has 0 amide bonds. The second kappa shape index (κ2) is 6.62. The Balaban J connectivity index is 2.53. The number of methoxy groups -OCH3 is 1. The molecule has 3 heteroatoms. The Hall–Kier alpha value is -1.06. The highest BCUT2D eigenvalue weighted by atomic mass is 16.5. The monoisotopic (exact) mass is 237 g/mol. The first-order chi connectivity index (χ1) is 8.02. The lowest BCUT2D eigenvalue weighted by molar-refractivity contribution is 0.163. The van der Waals surface area contributed by atoms with Crippen molar-refractivity contribution >= 4 is 0 Å². The zero-order valence-electron chi connectivity index (χ0n) is 11.2. The van der Waals surface area contributed by atoms with Gasteiger partial charge in [0.15, 0.2) is 0 Å². The molecule has 0 aliphatic heterocycles. The van der Waals surface area contributed by atoms with Crippen molar-refractivity contribution in [2.75, 3.05) is 20.7 Å². The largest absolute Gasteiger partial charge is 0.496 e. The molecule has 0 aromatic heterocycles. The Bertz CT molecular complexity index is 350. The van der Waals surface area contributed by atoms with Crippen LogP contribution in [0.15, 0.2) is 18.2 Å². The fourth-order valence-electron chi connectivity index (χ4n) is 1.84. The zero-order valence-corrected chi connectivity index (χ0v) is 11.2. The van der Waals surface area contributed by atoms with E-state index in [9.17, 15) is 5.11 Å². The van der Waals surface area contributed by atoms with Crippen molar-refractivity contribution in [3.63, 3.8) is 0 Å². The topological polar surface area (TPSA) is 32.7 Å². The normalized spacial score (nSPS) is 12.8. The molecule has 0 saturated carbocycles. The molecule has 0 radical (unpaired) electrons. The third-order valence-electron chi connectivity index (χ3n) is 2.84. The molecule has 0 bridgehead atoms. The quantitative estimate of drug-likeness (QED) is 0.823. The van der Waals surface area contributed by atoms with E-state index >= 15 is 0 Å². The van der Waals surface area contributed by atoms with E-state index in [-0.39, 0.29) is 6.10 Å². The standard InChI is InChI=1S/C14H23NO2/c1-11-9-13(5-6-14(11)17-4)10-15(3)8-7-12(2)16/h5-6,9,12,16H,7-8,10H2,1-4H3/t12-/m0/s1. The van der Waals surface area contributed by atoms with E-state index in [0.717, 1.165) is 30.8 Å². The van der Waals surface area contributed by atoms with E-state index in [1.165, 1.54) is 5.56 Å². The summed E-state index contributed by atoms with van der Waals surface area (Å²) in [6, 6.07) is 6.25. The van der Waals surface area contributed by atoms with Crippen LogP contribution in [0.5, 0.6) is 5.75 Å². The number of aliphatic hydroxyl groups is 1. The molecule has 1 aromatic rings. The summed E-state index contributed by atoms with van der Waals surface area (Å²) in [5.74, 6) is 0.931. The first kappa shape index (κ1) is 14.0. The highest BCUT2D eigenvalue weighted by molar-refractivity contribution is 5.36. The minimum Gasteiger partial charge on any atom is -0.496 e. The van der Waals surface area contributed by atoms with Crippen LogP contribution in [0, 0.1) is 6.92 Å². The number of ether oxygens (including phenoxy) is 1. The van der Waals surface area contributed by atoms with Gasteiger partial charge in [-0.05, 0) is 44.5 Å². The van der Waals surface area contributed by atoms with Crippen LogP contribution >= 0.6 is 0 Å². The second-order valence-corrected chi connectivity index (χ2v) is 4.68. The van der Waals surface area contributed by atoms with E-state index in [0.29, 0.717) is 0 Å². The molecule has 96 valence electrons. The second-order valence-electron chi connectivity index (χ2n) is 4.68. The van der Waals surface area contributed by atoms with Gasteiger partial charge in [0.1, 0.15) is 5.75 Å². The third-order valence-corrected chi connectivity index (χ3v) is 2.84. The SMILES string of the molecule is COc1ccc(CN(C)CC[C@H](C)O)cc1C. The maximum Gasteiger partial charge on any atom is 0.121 e. The molecule has 0 spiro atoms. The van der Waals surface area contributed by atoms with Gasteiger partial charge in [-0.1, -0.05) is 12.1 Å². The molecule has 1 atom stereocenters. The van der Waals surface area contributed by atoms with Gasteiger partial charge in [-0.15, -0.1) is 0 Å². The van der Waals surface area contributed by atoms with E-state index in [4.69, 9.17) is 4.74 Å². The first-order valence-electron chi connectivity index (χ1n) is 6.03. The van der Waals surface area contributed by atoms with Gasteiger partial charge in [-0.3, -0.25) is 0 Å².